The molecule has 5 nitrogen and oxygen atoms in total. The molecule has 142 valence electrons. The second-order valence-electron chi connectivity index (χ2n) is 7.17. The fourth-order valence-electron chi connectivity index (χ4n) is 3.17. The molecule has 2 heterocycles. The number of aliphatic hydroxyl groups excluding tert-OH is 1. The molecule has 0 aliphatic carbocycles. The third-order valence-electron chi connectivity index (χ3n) is 4.32. The van der Waals surface area contributed by atoms with Gasteiger partial charge < -0.3 is 5.11 Å². The molecule has 1 atom stereocenters. The summed E-state index contributed by atoms with van der Waals surface area (Å²) in [5.41, 5.74) is 1.80. The van der Waals surface area contributed by atoms with Crippen LogP contribution in [0.2, 0.25) is 0 Å². The minimum atomic E-state index is -0.745. The van der Waals surface area contributed by atoms with Crippen molar-refractivity contribution in [2.75, 3.05) is 13.1 Å². The van der Waals surface area contributed by atoms with Gasteiger partial charge in [-0.25, -0.2) is 9.37 Å². The molecule has 3 rings (SSSR count). The Morgan fingerprint density at radius 2 is 1.89 bits per heavy atom. The van der Waals surface area contributed by atoms with Crippen LogP contribution >= 0.6 is 0 Å². The van der Waals surface area contributed by atoms with Crippen LogP contribution in [0.3, 0.4) is 0 Å². The summed E-state index contributed by atoms with van der Waals surface area (Å²) in [6.45, 7) is 5.77. The molecule has 27 heavy (non-hydrogen) atoms. The van der Waals surface area contributed by atoms with Crippen LogP contribution < -0.4 is 5.56 Å². The van der Waals surface area contributed by atoms with Crippen molar-refractivity contribution in [2.24, 2.45) is 5.92 Å². The van der Waals surface area contributed by atoms with Crippen molar-refractivity contribution in [3.63, 3.8) is 0 Å². The second-order valence-corrected chi connectivity index (χ2v) is 7.17. The van der Waals surface area contributed by atoms with E-state index in [2.05, 4.69) is 23.7 Å². The van der Waals surface area contributed by atoms with E-state index in [0.717, 1.165) is 6.54 Å². The summed E-state index contributed by atoms with van der Waals surface area (Å²) >= 11 is 0. The molecule has 0 saturated heterocycles. The summed E-state index contributed by atoms with van der Waals surface area (Å²) in [4.78, 5) is 18.9. The van der Waals surface area contributed by atoms with Crippen molar-refractivity contribution in [1.29, 1.82) is 0 Å². The summed E-state index contributed by atoms with van der Waals surface area (Å²) in [6.07, 6.45) is 0.949. The molecule has 2 aromatic heterocycles. The quantitative estimate of drug-likeness (QED) is 0.696. The van der Waals surface area contributed by atoms with Crippen molar-refractivity contribution >= 4 is 5.65 Å². The monoisotopic (exact) mass is 369 g/mol. The highest BCUT2D eigenvalue weighted by atomic mass is 19.1. The van der Waals surface area contributed by atoms with E-state index in [9.17, 15) is 14.3 Å². The van der Waals surface area contributed by atoms with Crippen LogP contribution in [-0.2, 0) is 6.54 Å². The molecular formula is C21H24FN3O2. The smallest absolute Gasteiger partial charge is 0.258 e. The van der Waals surface area contributed by atoms with Gasteiger partial charge in [0.1, 0.15) is 11.5 Å². The Hall–Kier alpha value is -2.57. The van der Waals surface area contributed by atoms with Gasteiger partial charge in [0, 0.05) is 31.9 Å². The van der Waals surface area contributed by atoms with Gasteiger partial charge in [-0.15, -0.1) is 0 Å². The van der Waals surface area contributed by atoms with Gasteiger partial charge in [0.15, 0.2) is 0 Å². The number of benzene rings is 1. The fourth-order valence-corrected chi connectivity index (χ4v) is 3.17. The van der Waals surface area contributed by atoms with Gasteiger partial charge in [-0.2, -0.15) is 0 Å². The lowest BCUT2D eigenvalue weighted by Crippen LogP contribution is -2.32. The Morgan fingerprint density at radius 1 is 1.15 bits per heavy atom. The van der Waals surface area contributed by atoms with Gasteiger partial charge in [0.25, 0.3) is 5.56 Å². The van der Waals surface area contributed by atoms with Crippen LogP contribution in [0.4, 0.5) is 4.39 Å². The molecule has 1 unspecified atom stereocenters. The molecule has 1 N–H and O–H groups in total. The number of rotatable bonds is 7. The number of aliphatic hydroxyl groups is 1. The van der Waals surface area contributed by atoms with Gasteiger partial charge in [-0.3, -0.25) is 14.1 Å². The Labute approximate surface area is 157 Å². The van der Waals surface area contributed by atoms with Gasteiger partial charge in [0.05, 0.1) is 11.8 Å². The average Bonchev–Trinajstić information content (AvgIpc) is 2.61. The van der Waals surface area contributed by atoms with E-state index < -0.39 is 6.10 Å². The van der Waals surface area contributed by atoms with Crippen molar-refractivity contribution in [2.45, 2.75) is 26.5 Å². The lowest BCUT2D eigenvalue weighted by molar-refractivity contribution is 0.101. The van der Waals surface area contributed by atoms with E-state index >= 15 is 0 Å². The van der Waals surface area contributed by atoms with Gasteiger partial charge in [-0.05, 0) is 35.7 Å². The summed E-state index contributed by atoms with van der Waals surface area (Å²) in [6, 6.07) is 12.8. The minimum Gasteiger partial charge on any atom is -0.387 e. The zero-order chi connectivity index (χ0) is 19.4. The Bertz CT molecular complexity index is 954. The number of aromatic nitrogens is 2. The van der Waals surface area contributed by atoms with E-state index in [4.69, 9.17) is 0 Å². The van der Waals surface area contributed by atoms with Gasteiger partial charge >= 0.3 is 0 Å². The standard InChI is InChI=1S/C21H24FN3O2/c1-15(2)12-24(14-19(26)16-6-8-17(22)9-7-16)13-18-11-21(27)25-10-4-3-5-20(25)23-18/h3-11,15,19,26H,12-14H2,1-2H3. The number of nitrogens with zero attached hydrogens (tertiary/aromatic N) is 3. The number of halogens is 1. The number of fused-ring (bicyclic) bond motifs is 1. The fraction of sp³-hybridized carbons (Fsp3) is 0.333. The van der Waals surface area contributed by atoms with E-state index in [1.807, 2.05) is 6.07 Å². The summed E-state index contributed by atoms with van der Waals surface area (Å²) in [5.74, 6) is 0.0535. The maximum atomic E-state index is 13.1. The van der Waals surface area contributed by atoms with E-state index in [1.54, 1.807) is 30.5 Å². The van der Waals surface area contributed by atoms with Crippen molar-refractivity contribution < 1.29 is 9.50 Å². The van der Waals surface area contributed by atoms with Crippen LogP contribution in [0.5, 0.6) is 0 Å². The molecule has 0 spiro atoms. The molecule has 0 fully saturated rings. The van der Waals surface area contributed by atoms with Gasteiger partial charge in [0.2, 0.25) is 0 Å². The Morgan fingerprint density at radius 3 is 2.59 bits per heavy atom. The second kappa shape index (κ2) is 8.41. The SMILES string of the molecule is CC(C)CN(Cc1cc(=O)n2ccccc2n1)CC(O)c1ccc(F)cc1. The van der Waals surface area contributed by atoms with E-state index in [-0.39, 0.29) is 11.4 Å². The highest BCUT2D eigenvalue weighted by molar-refractivity contribution is 5.38. The summed E-state index contributed by atoms with van der Waals surface area (Å²) < 4.78 is 14.6. The first-order chi connectivity index (χ1) is 12.9. The lowest BCUT2D eigenvalue weighted by Gasteiger charge is -2.26. The number of hydrogen-bond donors (Lipinski definition) is 1. The molecule has 0 aliphatic rings. The van der Waals surface area contributed by atoms with E-state index in [1.165, 1.54) is 22.6 Å². The zero-order valence-electron chi connectivity index (χ0n) is 15.5. The number of pyridine rings is 1. The zero-order valence-corrected chi connectivity index (χ0v) is 15.5. The third kappa shape index (κ3) is 4.99. The summed E-state index contributed by atoms with van der Waals surface area (Å²) in [5, 5.41) is 10.5. The van der Waals surface area contributed by atoms with Crippen LogP contribution in [0.15, 0.2) is 59.5 Å². The van der Waals surface area contributed by atoms with Crippen LogP contribution in [0, 0.1) is 11.7 Å². The number of hydrogen-bond acceptors (Lipinski definition) is 4. The maximum Gasteiger partial charge on any atom is 0.258 e. The largest absolute Gasteiger partial charge is 0.387 e. The molecule has 0 radical (unpaired) electrons. The molecule has 6 heteroatoms. The van der Waals surface area contributed by atoms with Crippen LogP contribution in [0.1, 0.15) is 31.2 Å². The van der Waals surface area contributed by atoms with Crippen molar-refractivity contribution in [1.82, 2.24) is 14.3 Å². The molecule has 1 aromatic carbocycles. The van der Waals surface area contributed by atoms with E-state index in [0.29, 0.717) is 35.9 Å². The molecular weight excluding hydrogens is 345 g/mol. The molecule has 0 saturated carbocycles. The maximum absolute atomic E-state index is 13.1. The minimum absolute atomic E-state index is 0.126. The molecule has 0 bridgehead atoms. The predicted molar refractivity (Wildman–Crippen MR) is 103 cm³/mol. The lowest BCUT2D eigenvalue weighted by atomic mass is 10.1. The average molecular weight is 369 g/mol. The predicted octanol–water partition coefficient (Wildman–Crippen LogP) is 3.03. The molecule has 3 aromatic rings. The Kier molecular flexibility index (Phi) is 5.98. The third-order valence-corrected chi connectivity index (χ3v) is 4.32. The van der Waals surface area contributed by atoms with Gasteiger partial charge in [-0.1, -0.05) is 32.0 Å². The van der Waals surface area contributed by atoms with Crippen molar-refractivity contribution in [3.8, 4) is 0 Å². The first-order valence-corrected chi connectivity index (χ1v) is 9.05. The highest BCUT2D eigenvalue weighted by Gasteiger charge is 2.16. The summed E-state index contributed by atoms with van der Waals surface area (Å²) in [7, 11) is 0. The first-order valence-electron chi connectivity index (χ1n) is 9.05. The first kappa shape index (κ1) is 19.2. The topological polar surface area (TPSA) is 57.8 Å². The van der Waals surface area contributed by atoms with Crippen molar-refractivity contribution in [3.05, 3.63) is 82.2 Å². The normalized spacial score (nSPS) is 12.8. The van der Waals surface area contributed by atoms with Crippen LogP contribution in [0.25, 0.3) is 5.65 Å². The Balaban J connectivity index is 1.80. The highest BCUT2D eigenvalue weighted by Crippen LogP contribution is 2.17. The van der Waals surface area contributed by atoms with Crippen LogP contribution in [-0.4, -0.2) is 32.5 Å². The molecule has 0 aliphatic heterocycles. The molecule has 0 amide bonds.